The van der Waals surface area contributed by atoms with Crippen molar-refractivity contribution in [1.29, 1.82) is 0 Å². The van der Waals surface area contributed by atoms with Crippen LogP contribution in [0.3, 0.4) is 0 Å². The molecule has 0 bridgehead atoms. The van der Waals surface area contributed by atoms with Gasteiger partial charge in [-0.25, -0.2) is 0 Å². The number of hydrogen-bond donors (Lipinski definition) is 5. The smallest absolute Gasteiger partial charge is 0.196 e. The second kappa shape index (κ2) is 9.67. The summed E-state index contributed by atoms with van der Waals surface area (Å²) in [5, 5.41) is 50.1. The van der Waals surface area contributed by atoms with Crippen molar-refractivity contribution in [2.24, 2.45) is 0 Å². The van der Waals surface area contributed by atoms with Crippen molar-refractivity contribution >= 4 is 16.8 Å². The number of benzene rings is 4. The van der Waals surface area contributed by atoms with E-state index in [1.165, 1.54) is 54.6 Å². The minimum absolute atomic E-state index is 0.00212. The number of fused-ring (bicyclic) bond motifs is 1. The van der Waals surface area contributed by atoms with Crippen LogP contribution in [-0.4, -0.2) is 31.3 Å². The Morgan fingerprint density at radius 3 is 1.76 bits per heavy atom. The Morgan fingerprint density at radius 2 is 1.18 bits per heavy atom. The lowest BCUT2D eigenvalue weighted by Gasteiger charge is -2.27. The molecule has 0 amide bonds. The third kappa shape index (κ3) is 4.51. The summed E-state index contributed by atoms with van der Waals surface area (Å²) in [6, 6.07) is 19.9. The van der Waals surface area contributed by atoms with Crippen LogP contribution in [0, 0.1) is 0 Å². The van der Waals surface area contributed by atoms with Crippen LogP contribution >= 0.6 is 0 Å². The summed E-state index contributed by atoms with van der Waals surface area (Å²) in [5.74, 6) is -3.49. The molecule has 0 unspecified atom stereocenters. The van der Waals surface area contributed by atoms with Gasteiger partial charge in [0.05, 0.1) is 23.1 Å². The molecular weight excluding hydrogens is 488 g/mol. The van der Waals surface area contributed by atoms with E-state index in [4.69, 9.17) is 4.42 Å². The summed E-state index contributed by atoms with van der Waals surface area (Å²) in [4.78, 5) is 27.9. The van der Waals surface area contributed by atoms with Crippen LogP contribution < -0.4 is 5.43 Å². The van der Waals surface area contributed by atoms with Crippen LogP contribution in [0.15, 0.2) is 100 Å². The van der Waals surface area contributed by atoms with E-state index in [9.17, 15) is 35.1 Å². The normalized spacial score (nSPS) is 12.0. The van der Waals surface area contributed by atoms with Crippen molar-refractivity contribution in [3.8, 4) is 28.7 Å². The van der Waals surface area contributed by atoms with E-state index < -0.39 is 28.8 Å². The van der Waals surface area contributed by atoms with Crippen molar-refractivity contribution in [2.75, 3.05) is 0 Å². The highest BCUT2D eigenvalue weighted by atomic mass is 16.3. The van der Waals surface area contributed by atoms with Crippen molar-refractivity contribution in [1.82, 2.24) is 0 Å². The van der Waals surface area contributed by atoms with Gasteiger partial charge in [-0.2, -0.15) is 0 Å². The van der Waals surface area contributed by atoms with E-state index in [-0.39, 0.29) is 45.1 Å². The van der Waals surface area contributed by atoms with Gasteiger partial charge in [-0.1, -0.05) is 24.3 Å². The molecular formula is C30H22O8. The predicted octanol–water partition coefficient (Wildman–Crippen LogP) is 5.12. The van der Waals surface area contributed by atoms with E-state index in [0.717, 1.165) is 12.3 Å². The van der Waals surface area contributed by atoms with Crippen LogP contribution in [-0.2, 0) is 0 Å². The molecule has 5 rings (SSSR count). The van der Waals surface area contributed by atoms with Gasteiger partial charge >= 0.3 is 0 Å². The molecule has 8 heteroatoms. The van der Waals surface area contributed by atoms with Gasteiger partial charge in [0.2, 0.25) is 0 Å². The maximum Gasteiger partial charge on any atom is 0.196 e. The summed E-state index contributed by atoms with van der Waals surface area (Å²) in [5.41, 5.74) is 0.617. The SMILES string of the molecule is O=C(c1ccc(O)cc1O)[C@@H](c1coc2cc(O)ccc2c1=O)C(c1ccc(O)cc1)c1ccc(O)cc1. The molecule has 0 saturated heterocycles. The van der Waals surface area contributed by atoms with Gasteiger partial charge in [0.25, 0.3) is 0 Å². The molecule has 0 spiro atoms. The largest absolute Gasteiger partial charge is 0.508 e. The number of aromatic hydroxyl groups is 5. The average molecular weight is 510 g/mol. The molecule has 0 radical (unpaired) electrons. The van der Waals surface area contributed by atoms with Gasteiger partial charge in [-0.15, -0.1) is 0 Å². The number of ketones is 1. The first-order valence-electron chi connectivity index (χ1n) is 11.6. The Bertz CT molecular complexity index is 1660. The number of Topliss-reactive ketones (excluding diaryl/α,β-unsaturated/α-hetero) is 1. The maximum atomic E-state index is 14.2. The second-order valence-corrected chi connectivity index (χ2v) is 8.90. The third-order valence-corrected chi connectivity index (χ3v) is 6.49. The van der Waals surface area contributed by atoms with Gasteiger partial charge in [0, 0.05) is 23.6 Å². The van der Waals surface area contributed by atoms with Crippen molar-refractivity contribution in [3.05, 3.63) is 124 Å². The van der Waals surface area contributed by atoms with E-state index in [2.05, 4.69) is 0 Å². The highest BCUT2D eigenvalue weighted by molar-refractivity contribution is 6.04. The van der Waals surface area contributed by atoms with Crippen LogP contribution in [0.25, 0.3) is 11.0 Å². The van der Waals surface area contributed by atoms with Gasteiger partial charge in [-0.3, -0.25) is 9.59 Å². The number of carbonyl (C=O) groups is 1. The number of carbonyl (C=O) groups excluding carboxylic acids is 1. The quantitative estimate of drug-likeness (QED) is 0.198. The highest BCUT2D eigenvalue weighted by Crippen LogP contribution is 2.42. The molecule has 1 aromatic heterocycles. The minimum Gasteiger partial charge on any atom is -0.508 e. The Balaban J connectivity index is 1.81. The number of rotatable bonds is 6. The molecule has 5 N–H and O–H groups in total. The molecule has 0 saturated carbocycles. The molecule has 0 aliphatic carbocycles. The number of phenolic OH excluding ortho intramolecular Hbond substituents is 5. The first-order chi connectivity index (χ1) is 18.2. The predicted molar refractivity (Wildman–Crippen MR) is 139 cm³/mol. The fourth-order valence-electron chi connectivity index (χ4n) is 4.66. The standard InChI is InChI=1S/C30H22O8/c31-18-5-1-16(2-6-18)27(17-3-7-19(32)8-4-17)28(30(37)22-11-9-20(33)13-25(22)35)24-15-38-26-14-21(34)10-12-23(26)29(24)36/h1-15,27-28,31-35H/t28-/m0/s1. The topological polar surface area (TPSA) is 148 Å². The molecule has 1 heterocycles. The second-order valence-electron chi connectivity index (χ2n) is 8.90. The van der Waals surface area contributed by atoms with Crippen LogP contribution in [0.2, 0.25) is 0 Å². The fourth-order valence-corrected chi connectivity index (χ4v) is 4.66. The van der Waals surface area contributed by atoms with Gasteiger partial charge in [-0.05, 0) is 59.7 Å². The molecule has 5 aromatic rings. The summed E-state index contributed by atoms with van der Waals surface area (Å²) in [7, 11) is 0. The zero-order valence-corrected chi connectivity index (χ0v) is 19.8. The first-order valence-corrected chi connectivity index (χ1v) is 11.6. The number of hydrogen-bond acceptors (Lipinski definition) is 8. The Morgan fingerprint density at radius 1 is 0.658 bits per heavy atom. The molecule has 190 valence electrons. The van der Waals surface area contributed by atoms with Gasteiger partial charge in [0.15, 0.2) is 11.2 Å². The van der Waals surface area contributed by atoms with E-state index in [1.807, 2.05) is 0 Å². The van der Waals surface area contributed by atoms with E-state index in [0.29, 0.717) is 11.1 Å². The first kappa shape index (κ1) is 24.5. The molecule has 4 aromatic carbocycles. The van der Waals surface area contributed by atoms with Crippen LogP contribution in [0.5, 0.6) is 28.7 Å². The third-order valence-electron chi connectivity index (χ3n) is 6.49. The zero-order chi connectivity index (χ0) is 27.0. The Hall–Kier alpha value is -5.24. The fraction of sp³-hybridized carbons (Fsp3) is 0.0667. The summed E-state index contributed by atoms with van der Waals surface area (Å²) in [6.45, 7) is 0. The summed E-state index contributed by atoms with van der Waals surface area (Å²) in [6.07, 6.45) is 1.16. The van der Waals surface area contributed by atoms with Gasteiger partial charge in [0.1, 0.15) is 34.3 Å². The van der Waals surface area contributed by atoms with Crippen molar-refractivity contribution in [2.45, 2.75) is 11.8 Å². The molecule has 0 aliphatic rings. The lowest BCUT2D eigenvalue weighted by molar-refractivity contribution is 0.0947. The Labute approximate surface area is 215 Å². The highest BCUT2D eigenvalue weighted by Gasteiger charge is 2.37. The van der Waals surface area contributed by atoms with Gasteiger partial charge < -0.3 is 29.9 Å². The average Bonchev–Trinajstić information content (AvgIpc) is 2.89. The lowest BCUT2D eigenvalue weighted by atomic mass is 9.73. The molecule has 0 aliphatic heterocycles. The molecule has 38 heavy (non-hydrogen) atoms. The molecule has 8 nitrogen and oxygen atoms in total. The molecule has 1 atom stereocenters. The summed E-state index contributed by atoms with van der Waals surface area (Å²) < 4.78 is 5.69. The van der Waals surface area contributed by atoms with Crippen molar-refractivity contribution in [3.63, 3.8) is 0 Å². The van der Waals surface area contributed by atoms with E-state index >= 15 is 0 Å². The lowest BCUT2D eigenvalue weighted by Crippen LogP contribution is -2.27. The minimum atomic E-state index is -1.24. The zero-order valence-electron chi connectivity index (χ0n) is 19.8. The monoisotopic (exact) mass is 510 g/mol. The number of phenols is 5. The maximum absolute atomic E-state index is 14.2. The summed E-state index contributed by atoms with van der Waals surface area (Å²) >= 11 is 0. The Kier molecular flexibility index (Phi) is 6.22. The van der Waals surface area contributed by atoms with E-state index in [1.54, 1.807) is 24.3 Å². The van der Waals surface area contributed by atoms with Crippen molar-refractivity contribution < 1.29 is 34.7 Å². The van der Waals surface area contributed by atoms with Crippen LogP contribution in [0.4, 0.5) is 0 Å². The molecule has 0 fully saturated rings. The van der Waals surface area contributed by atoms with Crippen LogP contribution in [0.1, 0.15) is 38.9 Å².